The molecule has 4 nitrogen and oxygen atoms in total. The summed E-state index contributed by atoms with van der Waals surface area (Å²) in [6, 6.07) is 4.19. The highest BCUT2D eigenvalue weighted by atomic mass is 19.4. The second kappa shape index (κ2) is 6.13. The summed E-state index contributed by atoms with van der Waals surface area (Å²) >= 11 is 0. The summed E-state index contributed by atoms with van der Waals surface area (Å²) in [5.74, 6) is 0. The van der Waals surface area contributed by atoms with Crippen molar-refractivity contribution in [1.82, 2.24) is 5.32 Å². The Hall–Kier alpha value is -1.76. The smallest absolute Gasteiger partial charge is 0.376 e. The molecule has 0 spiro atoms. The second-order valence-corrected chi connectivity index (χ2v) is 4.51. The van der Waals surface area contributed by atoms with Crippen LogP contribution in [0.2, 0.25) is 0 Å². The number of benzene rings is 1. The number of carbonyl (C=O) groups is 1. The number of urea groups is 1. The molecule has 0 saturated carbocycles. The topological polar surface area (TPSA) is 50.4 Å². The van der Waals surface area contributed by atoms with Crippen molar-refractivity contribution >= 4 is 11.7 Å². The van der Waals surface area contributed by atoms with E-state index in [1.54, 1.807) is 0 Å². The van der Waals surface area contributed by atoms with Crippen LogP contribution >= 0.6 is 0 Å². The molecule has 1 fully saturated rings. The fourth-order valence-electron chi connectivity index (χ4n) is 2.02. The SMILES string of the molecule is O=C(NCC1CCCO1)Nc1ccccc1C(F)(F)F. The summed E-state index contributed by atoms with van der Waals surface area (Å²) in [5, 5.41) is 4.72. The molecule has 0 bridgehead atoms. The van der Waals surface area contributed by atoms with Crippen molar-refractivity contribution in [2.24, 2.45) is 0 Å². The van der Waals surface area contributed by atoms with Gasteiger partial charge in [0.05, 0.1) is 17.4 Å². The van der Waals surface area contributed by atoms with E-state index in [0.29, 0.717) is 13.2 Å². The minimum Gasteiger partial charge on any atom is -0.376 e. The zero-order valence-corrected chi connectivity index (χ0v) is 10.7. The van der Waals surface area contributed by atoms with Crippen LogP contribution < -0.4 is 10.6 Å². The summed E-state index contributed by atoms with van der Waals surface area (Å²) in [6.45, 7) is 0.949. The fraction of sp³-hybridized carbons (Fsp3) is 0.462. The average Bonchev–Trinajstić information content (AvgIpc) is 2.89. The van der Waals surface area contributed by atoms with Gasteiger partial charge in [0.25, 0.3) is 0 Å². The first-order chi connectivity index (χ1) is 9.47. The summed E-state index contributed by atoms with van der Waals surface area (Å²) in [4.78, 5) is 11.6. The summed E-state index contributed by atoms with van der Waals surface area (Å²) < 4.78 is 43.5. The minimum absolute atomic E-state index is 0.0568. The van der Waals surface area contributed by atoms with Crippen molar-refractivity contribution in [3.05, 3.63) is 29.8 Å². The molecule has 1 aliphatic rings. The third-order valence-corrected chi connectivity index (χ3v) is 2.99. The molecule has 0 radical (unpaired) electrons. The van der Waals surface area contributed by atoms with Crippen LogP contribution in [0.4, 0.5) is 23.7 Å². The highest BCUT2D eigenvalue weighted by molar-refractivity contribution is 5.90. The van der Waals surface area contributed by atoms with Crippen molar-refractivity contribution in [2.45, 2.75) is 25.1 Å². The lowest BCUT2D eigenvalue weighted by atomic mass is 10.1. The van der Waals surface area contributed by atoms with Crippen LogP contribution in [0.25, 0.3) is 0 Å². The van der Waals surface area contributed by atoms with E-state index in [1.165, 1.54) is 18.2 Å². The van der Waals surface area contributed by atoms with Crippen molar-refractivity contribution in [3.63, 3.8) is 0 Å². The van der Waals surface area contributed by atoms with Gasteiger partial charge in [-0.1, -0.05) is 12.1 Å². The first-order valence-corrected chi connectivity index (χ1v) is 6.29. The van der Waals surface area contributed by atoms with Crippen LogP contribution in [0, 0.1) is 0 Å². The van der Waals surface area contributed by atoms with Crippen LogP contribution in [0.3, 0.4) is 0 Å². The Bertz CT molecular complexity index is 471. The Morgan fingerprint density at radius 1 is 1.35 bits per heavy atom. The third kappa shape index (κ3) is 3.86. The monoisotopic (exact) mass is 288 g/mol. The number of halogens is 3. The zero-order chi connectivity index (χ0) is 14.6. The molecule has 2 amide bonds. The quantitative estimate of drug-likeness (QED) is 0.898. The highest BCUT2D eigenvalue weighted by Crippen LogP contribution is 2.34. The van der Waals surface area contributed by atoms with Crippen molar-refractivity contribution < 1.29 is 22.7 Å². The molecule has 1 unspecified atom stereocenters. The van der Waals surface area contributed by atoms with Crippen molar-refractivity contribution in [2.75, 3.05) is 18.5 Å². The maximum Gasteiger partial charge on any atom is 0.418 e. The zero-order valence-electron chi connectivity index (χ0n) is 10.7. The number of para-hydroxylation sites is 1. The van der Waals surface area contributed by atoms with E-state index in [4.69, 9.17) is 4.74 Å². The molecule has 0 aromatic heterocycles. The number of alkyl halides is 3. The Balaban J connectivity index is 1.93. The number of nitrogens with one attached hydrogen (secondary N) is 2. The largest absolute Gasteiger partial charge is 0.418 e. The van der Waals surface area contributed by atoms with Crippen molar-refractivity contribution in [3.8, 4) is 0 Å². The highest BCUT2D eigenvalue weighted by Gasteiger charge is 2.33. The standard InChI is InChI=1S/C13H15F3N2O2/c14-13(15,16)10-5-1-2-6-11(10)18-12(19)17-8-9-4-3-7-20-9/h1-2,5-6,9H,3-4,7-8H2,(H2,17,18,19). The molecule has 1 heterocycles. The first kappa shape index (κ1) is 14.6. The summed E-state index contributed by atoms with van der Waals surface area (Å²) in [6.07, 6.45) is -2.78. The van der Waals surface area contributed by atoms with Crippen LogP contribution in [0.15, 0.2) is 24.3 Å². The van der Waals surface area contributed by atoms with E-state index in [9.17, 15) is 18.0 Å². The number of amides is 2. The van der Waals surface area contributed by atoms with Crippen LogP contribution in [0.5, 0.6) is 0 Å². The third-order valence-electron chi connectivity index (χ3n) is 2.99. The lowest BCUT2D eigenvalue weighted by Crippen LogP contribution is -2.35. The number of ether oxygens (including phenoxy) is 1. The maximum atomic E-state index is 12.7. The van der Waals surface area contributed by atoms with Gasteiger partial charge in [-0.2, -0.15) is 13.2 Å². The minimum atomic E-state index is -4.50. The molecular weight excluding hydrogens is 273 g/mol. The Morgan fingerprint density at radius 2 is 2.10 bits per heavy atom. The molecule has 7 heteroatoms. The van der Waals surface area contributed by atoms with E-state index in [1.807, 2.05) is 0 Å². The van der Waals surface area contributed by atoms with Gasteiger partial charge < -0.3 is 15.4 Å². The Kier molecular flexibility index (Phi) is 4.49. The molecule has 2 rings (SSSR count). The number of hydrogen-bond acceptors (Lipinski definition) is 2. The summed E-state index contributed by atoms with van der Waals surface area (Å²) in [5.41, 5.74) is -1.13. The number of carbonyl (C=O) groups excluding carboxylic acids is 1. The van der Waals surface area contributed by atoms with Crippen LogP contribution in [0.1, 0.15) is 18.4 Å². The van der Waals surface area contributed by atoms with Crippen molar-refractivity contribution in [1.29, 1.82) is 0 Å². The van der Waals surface area contributed by atoms with E-state index in [0.717, 1.165) is 18.9 Å². The van der Waals surface area contributed by atoms with Crippen LogP contribution in [-0.4, -0.2) is 25.3 Å². The van der Waals surface area contributed by atoms with Gasteiger partial charge in [-0.05, 0) is 25.0 Å². The predicted molar refractivity (Wildman–Crippen MR) is 67.4 cm³/mol. The molecule has 1 aromatic carbocycles. The molecule has 1 atom stereocenters. The summed E-state index contributed by atoms with van der Waals surface area (Å²) in [7, 11) is 0. The molecule has 0 aliphatic carbocycles. The van der Waals surface area contributed by atoms with E-state index in [2.05, 4.69) is 10.6 Å². The van der Waals surface area contributed by atoms with Gasteiger partial charge in [0.15, 0.2) is 0 Å². The lowest BCUT2D eigenvalue weighted by Gasteiger charge is -2.15. The van der Waals surface area contributed by atoms with Gasteiger partial charge in [-0.25, -0.2) is 4.79 Å². The maximum absolute atomic E-state index is 12.7. The lowest BCUT2D eigenvalue weighted by molar-refractivity contribution is -0.136. The second-order valence-electron chi connectivity index (χ2n) is 4.51. The molecule has 110 valence electrons. The molecule has 1 aromatic rings. The van der Waals surface area contributed by atoms with Gasteiger partial charge in [0.2, 0.25) is 0 Å². The molecule has 20 heavy (non-hydrogen) atoms. The number of rotatable bonds is 3. The first-order valence-electron chi connectivity index (χ1n) is 6.29. The average molecular weight is 288 g/mol. The van der Waals surface area contributed by atoms with E-state index < -0.39 is 17.8 Å². The fourth-order valence-corrected chi connectivity index (χ4v) is 2.02. The van der Waals surface area contributed by atoms with Gasteiger partial charge in [0.1, 0.15) is 0 Å². The molecule has 1 saturated heterocycles. The molecular formula is C13H15F3N2O2. The molecule has 1 aliphatic heterocycles. The van der Waals surface area contributed by atoms with Gasteiger partial charge >= 0.3 is 12.2 Å². The Morgan fingerprint density at radius 3 is 2.75 bits per heavy atom. The van der Waals surface area contributed by atoms with Gasteiger partial charge in [-0.15, -0.1) is 0 Å². The normalized spacial score (nSPS) is 18.9. The number of anilines is 1. The predicted octanol–water partition coefficient (Wildman–Crippen LogP) is 3.01. The van der Waals surface area contributed by atoms with E-state index in [-0.39, 0.29) is 11.8 Å². The van der Waals surface area contributed by atoms with E-state index >= 15 is 0 Å². The Labute approximate surface area is 114 Å². The van der Waals surface area contributed by atoms with Gasteiger partial charge in [0, 0.05) is 13.2 Å². The van der Waals surface area contributed by atoms with Crippen LogP contribution in [-0.2, 0) is 10.9 Å². The molecule has 2 N–H and O–H groups in total. The van der Waals surface area contributed by atoms with Gasteiger partial charge in [-0.3, -0.25) is 0 Å². The number of hydrogen-bond donors (Lipinski definition) is 2.